The minimum absolute atomic E-state index is 0.164. The smallest absolute Gasteiger partial charge is 0.143 e. The van der Waals surface area contributed by atoms with Crippen LogP contribution >= 0.6 is 0 Å². The molecule has 1 aromatic carbocycles. The van der Waals surface area contributed by atoms with Crippen LogP contribution in [-0.4, -0.2) is 19.2 Å². The summed E-state index contributed by atoms with van der Waals surface area (Å²) in [5.74, 6) is 1.36. The Morgan fingerprint density at radius 2 is 2.29 bits per heavy atom. The molecule has 0 bridgehead atoms. The van der Waals surface area contributed by atoms with E-state index in [0.717, 1.165) is 18.0 Å². The number of ether oxygens (including phenoxy) is 1. The van der Waals surface area contributed by atoms with E-state index in [9.17, 15) is 0 Å². The molecule has 1 aliphatic heterocycles. The number of aryl methyl sites for hydroxylation is 1. The molecule has 0 saturated heterocycles. The highest BCUT2D eigenvalue weighted by atomic mass is 16.5. The third kappa shape index (κ3) is 2.36. The first-order chi connectivity index (χ1) is 8.11. The second-order valence-electron chi connectivity index (χ2n) is 4.91. The number of nitriles is 1. The van der Waals surface area contributed by atoms with E-state index in [0.29, 0.717) is 12.5 Å². The van der Waals surface area contributed by atoms with Gasteiger partial charge in [0.05, 0.1) is 18.3 Å². The SMILES string of the molecule is Cc1ccc2c(c1)OC(C(C)C)CN2CC#N. The van der Waals surface area contributed by atoms with Crippen molar-refractivity contribution in [1.82, 2.24) is 0 Å². The average Bonchev–Trinajstić information content (AvgIpc) is 2.28. The molecule has 1 atom stereocenters. The maximum atomic E-state index is 8.89. The fourth-order valence-electron chi connectivity index (χ4n) is 2.07. The molecule has 0 N–H and O–H groups in total. The lowest BCUT2D eigenvalue weighted by molar-refractivity contribution is 0.146. The van der Waals surface area contributed by atoms with Gasteiger partial charge in [-0.25, -0.2) is 0 Å². The van der Waals surface area contributed by atoms with E-state index >= 15 is 0 Å². The Labute approximate surface area is 103 Å². The molecule has 0 fully saturated rings. The van der Waals surface area contributed by atoms with Gasteiger partial charge in [0.2, 0.25) is 0 Å². The Balaban J connectivity index is 2.35. The van der Waals surface area contributed by atoms with Crippen molar-refractivity contribution < 1.29 is 4.74 Å². The monoisotopic (exact) mass is 230 g/mol. The molecule has 1 aliphatic rings. The summed E-state index contributed by atoms with van der Waals surface area (Å²) in [5, 5.41) is 8.89. The second-order valence-corrected chi connectivity index (χ2v) is 4.91. The van der Waals surface area contributed by atoms with Crippen molar-refractivity contribution >= 4 is 5.69 Å². The first kappa shape index (κ1) is 11.8. The molecular weight excluding hydrogens is 212 g/mol. The summed E-state index contributed by atoms with van der Waals surface area (Å²) in [6.45, 7) is 7.56. The first-order valence-corrected chi connectivity index (χ1v) is 6.01. The quantitative estimate of drug-likeness (QED) is 0.733. The minimum atomic E-state index is 0.164. The van der Waals surface area contributed by atoms with Crippen molar-refractivity contribution in [1.29, 1.82) is 5.26 Å². The molecule has 0 aliphatic carbocycles. The number of benzene rings is 1. The molecule has 0 radical (unpaired) electrons. The van der Waals surface area contributed by atoms with Gasteiger partial charge < -0.3 is 9.64 Å². The predicted octanol–water partition coefficient (Wildman–Crippen LogP) is 2.74. The molecule has 3 nitrogen and oxygen atoms in total. The summed E-state index contributed by atoms with van der Waals surface area (Å²) < 4.78 is 6.00. The van der Waals surface area contributed by atoms with Gasteiger partial charge in [-0.3, -0.25) is 0 Å². The molecule has 0 aromatic heterocycles. The molecule has 90 valence electrons. The Kier molecular flexibility index (Phi) is 3.23. The van der Waals surface area contributed by atoms with Crippen molar-refractivity contribution in [3.8, 4) is 11.8 Å². The van der Waals surface area contributed by atoms with Crippen LogP contribution in [-0.2, 0) is 0 Å². The van der Waals surface area contributed by atoms with Crippen LogP contribution in [0.5, 0.6) is 5.75 Å². The van der Waals surface area contributed by atoms with Crippen molar-refractivity contribution in [2.75, 3.05) is 18.0 Å². The van der Waals surface area contributed by atoms with Gasteiger partial charge in [0.1, 0.15) is 18.4 Å². The van der Waals surface area contributed by atoms with Crippen LogP contribution in [0.1, 0.15) is 19.4 Å². The number of nitrogens with zero attached hydrogens (tertiary/aromatic N) is 2. The Morgan fingerprint density at radius 1 is 1.53 bits per heavy atom. The average molecular weight is 230 g/mol. The molecule has 1 unspecified atom stereocenters. The van der Waals surface area contributed by atoms with Crippen LogP contribution in [0.3, 0.4) is 0 Å². The molecule has 1 heterocycles. The fourth-order valence-corrected chi connectivity index (χ4v) is 2.07. The molecule has 1 aromatic rings. The standard InChI is InChI=1S/C14H18N2O/c1-10(2)14-9-16(7-6-15)12-5-4-11(3)8-13(12)17-14/h4-5,8,10,14H,7,9H2,1-3H3. The van der Waals surface area contributed by atoms with E-state index in [2.05, 4.69) is 37.8 Å². The lowest BCUT2D eigenvalue weighted by Crippen LogP contribution is -2.42. The zero-order valence-electron chi connectivity index (χ0n) is 10.6. The molecule has 17 heavy (non-hydrogen) atoms. The number of fused-ring (bicyclic) bond motifs is 1. The van der Waals surface area contributed by atoms with Gasteiger partial charge in [0.15, 0.2) is 0 Å². The summed E-state index contributed by atoms with van der Waals surface area (Å²) >= 11 is 0. The van der Waals surface area contributed by atoms with Crippen LogP contribution in [0, 0.1) is 24.2 Å². The largest absolute Gasteiger partial charge is 0.486 e. The highest BCUT2D eigenvalue weighted by Gasteiger charge is 2.27. The van der Waals surface area contributed by atoms with E-state index < -0.39 is 0 Å². The van der Waals surface area contributed by atoms with Gasteiger partial charge in [-0.05, 0) is 30.5 Å². The van der Waals surface area contributed by atoms with E-state index in [-0.39, 0.29) is 6.10 Å². The molecule has 3 heteroatoms. The maximum absolute atomic E-state index is 8.89. The number of anilines is 1. The van der Waals surface area contributed by atoms with Gasteiger partial charge in [0, 0.05) is 0 Å². The summed E-state index contributed by atoms with van der Waals surface area (Å²) in [6, 6.07) is 8.37. The molecular formula is C14H18N2O. The predicted molar refractivity (Wildman–Crippen MR) is 68.3 cm³/mol. The van der Waals surface area contributed by atoms with E-state index in [1.54, 1.807) is 0 Å². The highest BCUT2D eigenvalue weighted by molar-refractivity contribution is 5.61. The van der Waals surface area contributed by atoms with E-state index in [1.165, 1.54) is 5.56 Å². The molecule has 0 saturated carbocycles. The van der Waals surface area contributed by atoms with Crippen LogP contribution in [0.25, 0.3) is 0 Å². The summed E-state index contributed by atoms with van der Waals surface area (Å²) in [4.78, 5) is 2.10. The second kappa shape index (κ2) is 4.67. The van der Waals surface area contributed by atoms with Gasteiger partial charge in [-0.1, -0.05) is 19.9 Å². The van der Waals surface area contributed by atoms with Gasteiger partial charge in [0.25, 0.3) is 0 Å². The minimum Gasteiger partial charge on any atom is -0.486 e. The van der Waals surface area contributed by atoms with Gasteiger partial charge >= 0.3 is 0 Å². The fraction of sp³-hybridized carbons (Fsp3) is 0.500. The zero-order valence-corrected chi connectivity index (χ0v) is 10.6. The summed E-state index contributed by atoms with van der Waals surface area (Å²) in [5.41, 5.74) is 2.22. The lowest BCUT2D eigenvalue weighted by atomic mass is 10.0. The van der Waals surface area contributed by atoms with Crippen LogP contribution in [0.15, 0.2) is 18.2 Å². The maximum Gasteiger partial charge on any atom is 0.143 e. The highest BCUT2D eigenvalue weighted by Crippen LogP contribution is 2.35. The Hall–Kier alpha value is -1.69. The Bertz CT molecular complexity index is 448. The van der Waals surface area contributed by atoms with Crippen molar-refractivity contribution in [3.63, 3.8) is 0 Å². The zero-order chi connectivity index (χ0) is 12.4. The van der Waals surface area contributed by atoms with E-state index in [4.69, 9.17) is 10.00 Å². The van der Waals surface area contributed by atoms with Crippen LogP contribution < -0.4 is 9.64 Å². The molecule has 0 amide bonds. The first-order valence-electron chi connectivity index (χ1n) is 6.01. The number of hydrogen-bond acceptors (Lipinski definition) is 3. The normalized spacial score (nSPS) is 18.5. The van der Waals surface area contributed by atoms with Crippen molar-refractivity contribution in [2.24, 2.45) is 5.92 Å². The van der Waals surface area contributed by atoms with Crippen molar-refractivity contribution in [2.45, 2.75) is 26.9 Å². The third-order valence-corrected chi connectivity index (χ3v) is 3.14. The van der Waals surface area contributed by atoms with Crippen LogP contribution in [0.2, 0.25) is 0 Å². The van der Waals surface area contributed by atoms with Gasteiger partial charge in [-0.15, -0.1) is 0 Å². The molecule has 2 rings (SSSR count). The summed E-state index contributed by atoms with van der Waals surface area (Å²) in [6.07, 6.45) is 0.164. The molecule has 0 spiro atoms. The topological polar surface area (TPSA) is 36.3 Å². The third-order valence-electron chi connectivity index (χ3n) is 3.14. The number of rotatable bonds is 2. The summed E-state index contributed by atoms with van der Waals surface area (Å²) in [7, 11) is 0. The van der Waals surface area contributed by atoms with Crippen LogP contribution in [0.4, 0.5) is 5.69 Å². The lowest BCUT2D eigenvalue weighted by Gasteiger charge is -2.36. The van der Waals surface area contributed by atoms with E-state index in [1.807, 2.05) is 12.1 Å². The van der Waals surface area contributed by atoms with Crippen molar-refractivity contribution in [3.05, 3.63) is 23.8 Å². The number of hydrogen-bond donors (Lipinski definition) is 0. The van der Waals surface area contributed by atoms with Gasteiger partial charge in [-0.2, -0.15) is 5.26 Å². The Morgan fingerprint density at radius 3 is 2.94 bits per heavy atom.